The first-order chi connectivity index (χ1) is 23.6. The number of rotatable bonds is 5. The van der Waals surface area contributed by atoms with E-state index in [4.69, 9.17) is 0 Å². The number of hydrogen-bond donors (Lipinski definition) is 0. The first kappa shape index (κ1) is 28.3. The van der Waals surface area contributed by atoms with Crippen molar-refractivity contribution < 1.29 is 0 Å². The van der Waals surface area contributed by atoms with Crippen molar-refractivity contribution in [3.8, 4) is 33.4 Å². The standard InChI is InChI=1S/C47H35N/c1-47(2)43-26-13-12-24-42(43)45-44(47)31-34-16-7-9-22-39(34)46(45)48(35-18-4-3-5-19-35)36-29-27-33(28-30-36)38-21-10-11-23-40(38)41-25-14-17-32-15-6-8-20-37(32)41/h3-31H,1-2H3. The van der Waals surface area contributed by atoms with E-state index in [0.717, 1.165) is 11.4 Å². The molecule has 8 aromatic rings. The second-order valence-corrected chi connectivity index (χ2v) is 13.3. The van der Waals surface area contributed by atoms with Crippen molar-refractivity contribution in [2.24, 2.45) is 0 Å². The quantitative estimate of drug-likeness (QED) is 0.187. The van der Waals surface area contributed by atoms with Crippen molar-refractivity contribution >= 4 is 38.6 Å². The van der Waals surface area contributed by atoms with Gasteiger partial charge in [0, 0.05) is 27.7 Å². The molecule has 0 fully saturated rings. The minimum Gasteiger partial charge on any atom is -0.309 e. The van der Waals surface area contributed by atoms with Gasteiger partial charge in [-0.3, -0.25) is 0 Å². The van der Waals surface area contributed by atoms with E-state index < -0.39 is 0 Å². The number of hydrogen-bond acceptors (Lipinski definition) is 1. The molecule has 0 atom stereocenters. The summed E-state index contributed by atoms with van der Waals surface area (Å²) in [5.41, 5.74) is 13.7. The molecule has 1 aliphatic rings. The van der Waals surface area contributed by atoms with Crippen LogP contribution in [0.5, 0.6) is 0 Å². The number of para-hydroxylation sites is 1. The molecular weight excluding hydrogens is 579 g/mol. The lowest BCUT2D eigenvalue weighted by Gasteiger charge is -2.30. The highest BCUT2D eigenvalue weighted by molar-refractivity contribution is 6.10. The molecule has 0 saturated heterocycles. The van der Waals surface area contributed by atoms with Crippen LogP contribution in [0.15, 0.2) is 176 Å². The largest absolute Gasteiger partial charge is 0.309 e. The highest BCUT2D eigenvalue weighted by atomic mass is 15.1. The molecular formula is C47H35N. The molecule has 1 aliphatic carbocycles. The fraction of sp³-hybridized carbons (Fsp3) is 0.0638. The van der Waals surface area contributed by atoms with Crippen molar-refractivity contribution in [2.45, 2.75) is 19.3 Å². The maximum atomic E-state index is 2.47. The molecule has 228 valence electrons. The van der Waals surface area contributed by atoms with Gasteiger partial charge in [0.25, 0.3) is 0 Å². The van der Waals surface area contributed by atoms with Crippen molar-refractivity contribution in [1.29, 1.82) is 0 Å². The lowest BCUT2D eigenvalue weighted by Crippen LogP contribution is -2.16. The molecule has 0 amide bonds. The predicted molar refractivity (Wildman–Crippen MR) is 205 cm³/mol. The highest BCUT2D eigenvalue weighted by Crippen LogP contribution is 2.56. The summed E-state index contributed by atoms with van der Waals surface area (Å²) in [6.07, 6.45) is 0. The van der Waals surface area contributed by atoms with Gasteiger partial charge in [-0.15, -0.1) is 0 Å². The minimum absolute atomic E-state index is 0.109. The lowest BCUT2D eigenvalue weighted by atomic mass is 9.81. The fourth-order valence-corrected chi connectivity index (χ4v) is 7.92. The Bertz CT molecular complexity index is 2460. The van der Waals surface area contributed by atoms with Crippen LogP contribution < -0.4 is 4.90 Å². The van der Waals surface area contributed by atoms with Crippen LogP contribution in [-0.2, 0) is 5.41 Å². The molecule has 1 heteroatoms. The maximum Gasteiger partial charge on any atom is 0.0621 e. The molecule has 0 unspecified atom stereocenters. The van der Waals surface area contributed by atoms with Gasteiger partial charge in [-0.05, 0) is 85.4 Å². The minimum atomic E-state index is -0.109. The molecule has 0 aromatic heterocycles. The Balaban J connectivity index is 1.25. The summed E-state index contributed by atoms with van der Waals surface area (Å²) in [5.74, 6) is 0. The van der Waals surface area contributed by atoms with Crippen LogP contribution in [0.3, 0.4) is 0 Å². The average Bonchev–Trinajstić information content (AvgIpc) is 3.37. The second-order valence-electron chi connectivity index (χ2n) is 13.3. The third-order valence-electron chi connectivity index (χ3n) is 10.2. The Labute approximate surface area is 282 Å². The monoisotopic (exact) mass is 613 g/mol. The summed E-state index contributed by atoms with van der Waals surface area (Å²) in [5, 5.41) is 5.03. The van der Waals surface area contributed by atoms with E-state index in [1.165, 1.54) is 71.7 Å². The zero-order valence-corrected chi connectivity index (χ0v) is 27.2. The van der Waals surface area contributed by atoms with Crippen LogP contribution in [0.25, 0.3) is 54.9 Å². The lowest BCUT2D eigenvalue weighted by molar-refractivity contribution is 0.661. The maximum absolute atomic E-state index is 2.47. The molecule has 1 nitrogen and oxygen atoms in total. The van der Waals surface area contributed by atoms with Gasteiger partial charge in [0.15, 0.2) is 0 Å². The van der Waals surface area contributed by atoms with Crippen molar-refractivity contribution in [3.63, 3.8) is 0 Å². The molecule has 8 aromatic carbocycles. The summed E-state index contributed by atoms with van der Waals surface area (Å²) >= 11 is 0. The zero-order chi connectivity index (χ0) is 32.2. The van der Waals surface area contributed by atoms with Crippen LogP contribution in [0, 0.1) is 0 Å². The van der Waals surface area contributed by atoms with Crippen LogP contribution in [0.4, 0.5) is 17.1 Å². The first-order valence-corrected chi connectivity index (χ1v) is 16.8. The molecule has 0 saturated carbocycles. The normalized spacial score (nSPS) is 13.0. The van der Waals surface area contributed by atoms with Crippen LogP contribution in [-0.4, -0.2) is 0 Å². The van der Waals surface area contributed by atoms with E-state index in [2.05, 4.69) is 195 Å². The van der Waals surface area contributed by atoms with E-state index in [1.807, 2.05) is 0 Å². The van der Waals surface area contributed by atoms with Crippen molar-refractivity contribution in [2.75, 3.05) is 4.90 Å². The van der Waals surface area contributed by atoms with E-state index in [9.17, 15) is 0 Å². The third kappa shape index (κ3) is 4.39. The molecule has 0 N–H and O–H groups in total. The van der Waals surface area contributed by atoms with Crippen molar-refractivity contribution in [1.82, 2.24) is 0 Å². The topological polar surface area (TPSA) is 3.24 Å². The van der Waals surface area contributed by atoms with Gasteiger partial charge in [-0.1, -0.05) is 159 Å². The Hall–Kier alpha value is -5.92. The van der Waals surface area contributed by atoms with Crippen molar-refractivity contribution in [3.05, 3.63) is 187 Å². The Morgan fingerprint density at radius 3 is 1.75 bits per heavy atom. The Morgan fingerprint density at radius 2 is 0.958 bits per heavy atom. The van der Waals surface area contributed by atoms with E-state index in [0.29, 0.717) is 0 Å². The van der Waals surface area contributed by atoms with Crippen LogP contribution in [0.1, 0.15) is 25.0 Å². The summed E-state index contributed by atoms with van der Waals surface area (Å²) < 4.78 is 0. The molecule has 0 bridgehead atoms. The van der Waals surface area contributed by atoms with E-state index >= 15 is 0 Å². The van der Waals surface area contributed by atoms with E-state index in [1.54, 1.807) is 0 Å². The van der Waals surface area contributed by atoms with Gasteiger partial charge in [0.05, 0.1) is 5.69 Å². The van der Waals surface area contributed by atoms with Crippen LogP contribution >= 0.6 is 0 Å². The highest BCUT2D eigenvalue weighted by Gasteiger charge is 2.38. The number of nitrogens with zero attached hydrogens (tertiary/aromatic N) is 1. The van der Waals surface area contributed by atoms with E-state index in [-0.39, 0.29) is 5.41 Å². The molecule has 0 aliphatic heterocycles. The van der Waals surface area contributed by atoms with Gasteiger partial charge in [-0.25, -0.2) is 0 Å². The van der Waals surface area contributed by atoms with Gasteiger partial charge in [-0.2, -0.15) is 0 Å². The molecule has 48 heavy (non-hydrogen) atoms. The number of fused-ring (bicyclic) bond motifs is 5. The molecule has 0 spiro atoms. The molecule has 0 radical (unpaired) electrons. The summed E-state index contributed by atoms with van der Waals surface area (Å²) in [6, 6.07) is 64.3. The number of benzene rings is 8. The molecule has 0 heterocycles. The third-order valence-corrected chi connectivity index (χ3v) is 10.2. The van der Waals surface area contributed by atoms with Gasteiger partial charge in [0.1, 0.15) is 0 Å². The van der Waals surface area contributed by atoms with Gasteiger partial charge in [0.2, 0.25) is 0 Å². The van der Waals surface area contributed by atoms with Gasteiger partial charge >= 0.3 is 0 Å². The summed E-state index contributed by atoms with van der Waals surface area (Å²) in [6.45, 7) is 4.73. The fourth-order valence-electron chi connectivity index (χ4n) is 7.92. The Kier molecular flexibility index (Phi) is 6.55. The molecule has 9 rings (SSSR count). The predicted octanol–water partition coefficient (Wildman–Crippen LogP) is 13.1. The van der Waals surface area contributed by atoms with Gasteiger partial charge < -0.3 is 4.90 Å². The first-order valence-electron chi connectivity index (χ1n) is 16.8. The SMILES string of the molecule is CC1(C)c2ccccc2-c2c1cc1ccccc1c2N(c1ccccc1)c1ccc(-c2ccccc2-c2cccc3ccccc23)cc1. The Morgan fingerprint density at radius 1 is 0.396 bits per heavy atom. The summed E-state index contributed by atoms with van der Waals surface area (Å²) in [4.78, 5) is 2.47. The zero-order valence-electron chi connectivity index (χ0n) is 27.2. The second kappa shape index (κ2) is 11.1. The number of anilines is 3. The summed E-state index contributed by atoms with van der Waals surface area (Å²) in [7, 11) is 0. The smallest absolute Gasteiger partial charge is 0.0621 e. The van der Waals surface area contributed by atoms with Crippen LogP contribution in [0.2, 0.25) is 0 Å². The average molecular weight is 614 g/mol.